The summed E-state index contributed by atoms with van der Waals surface area (Å²) in [6.07, 6.45) is 3.95. The highest BCUT2D eigenvalue weighted by atomic mass is 79.9. The minimum absolute atomic E-state index is 0.168. The summed E-state index contributed by atoms with van der Waals surface area (Å²) in [6.45, 7) is 2.94. The molecule has 23 heavy (non-hydrogen) atoms. The second-order valence-electron chi connectivity index (χ2n) is 5.95. The summed E-state index contributed by atoms with van der Waals surface area (Å²) in [5.41, 5.74) is 1.48. The average molecular weight is 385 g/mol. The van der Waals surface area contributed by atoms with Crippen LogP contribution in [0.2, 0.25) is 0 Å². The maximum absolute atomic E-state index is 12.1. The molecule has 128 valence electrons. The van der Waals surface area contributed by atoms with E-state index in [9.17, 15) is 4.79 Å². The number of hydrogen-bond donors (Lipinski definition) is 1. The van der Waals surface area contributed by atoms with Crippen LogP contribution in [0.25, 0.3) is 0 Å². The van der Waals surface area contributed by atoms with Crippen molar-refractivity contribution >= 4 is 27.5 Å². The van der Waals surface area contributed by atoms with Crippen LogP contribution in [0.5, 0.6) is 0 Å². The minimum atomic E-state index is -0.168. The van der Waals surface area contributed by atoms with Crippen molar-refractivity contribution in [1.29, 1.82) is 0 Å². The zero-order valence-electron chi connectivity index (χ0n) is 14.0. The van der Waals surface area contributed by atoms with Gasteiger partial charge < -0.3 is 19.9 Å². The smallest absolute Gasteiger partial charge is 0.270 e. The number of carbonyl (C=O) groups is 1. The van der Waals surface area contributed by atoms with Crippen LogP contribution in [0, 0.1) is 0 Å². The average Bonchev–Trinajstić information content (AvgIpc) is 2.55. The van der Waals surface area contributed by atoms with Gasteiger partial charge in [0.05, 0.1) is 16.8 Å². The van der Waals surface area contributed by atoms with Gasteiger partial charge in [0.2, 0.25) is 0 Å². The second kappa shape index (κ2) is 8.61. The zero-order valence-corrected chi connectivity index (χ0v) is 15.6. The highest BCUT2D eigenvalue weighted by Crippen LogP contribution is 2.29. The Morgan fingerprint density at radius 1 is 1.48 bits per heavy atom. The lowest BCUT2D eigenvalue weighted by atomic mass is 10.0. The van der Waals surface area contributed by atoms with E-state index in [1.54, 1.807) is 13.3 Å². The molecule has 1 amide bonds. The lowest BCUT2D eigenvalue weighted by Crippen LogP contribution is -2.42. The molecule has 0 radical (unpaired) electrons. The van der Waals surface area contributed by atoms with Crippen LogP contribution in [0.4, 0.5) is 5.69 Å². The van der Waals surface area contributed by atoms with E-state index in [1.165, 1.54) is 0 Å². The molecule has 2 heterocycles. The summed E-state index contributed by atoms with van der Waals surface area (Å²) in [7, 11) is 5.87. The van der Waals surface area contributed by atoms with Gasteiger partial charge in [-0.15, -0.1) is 0 Å². The van der Waals surface area contributed by atoms with Gasteiger partial charge in [-0.3, -0.25) is 4.79 Å². The summed E-state index contributed by atoms with van der Waals surface area (Å²) in [4.78, 5) is 21.0. The van der Waals surface area contributed by atoms with Gasteiger partial charge in [0.25, 0.3) is 5.91 Å². The van der Waals surface area contributed by atoms with Crippen molar-refractivity contribution in [2.45, 2.75) is 18.9 Å². The third-order valence-corrected chi connectivity index (χ3v) is 4.81. The van der Waals surface area contributed by atoms with Crippen LogP contribution in [-0.2, 0) is 4.74 Å². The fourth-order valence-corrected chi connectivity index (χ4v) is 3.24. The van der Waals surface area contributed by atoms with Gasteiger partial charge >= 0.3 is 0 Å². The number of amides is 1. The lowest BCUT2D eigenvalue weighted by Gasteiger charge is -2.36. The lowest BCUT2D eigenvalue weighted by molar-refractivity contribution is 0.0932. The number of rotatable bonds is 6. The molecule has 1 fully saturated rings. The number of carbonyl (C=O) groups excluding carboxylic acids is 1. The Bertz CT molecular complexity index is 531. The molecule has 0 bridgehead atoms. The van der Waals surface area contributed by atoms with Gasteiger partial charge in [0.1, 0.15) is 5.69 Å². The number of nitrogens with one attached hydrogen (secondary N) is 1. The topological polar surface area (TPSA) is 57.7 Å². The molecule has 1 aromatic heterocycles. The first-order valence-electron chi connectivity index (χ1n) is 7.87. The molecule has 0 spiro atoms. The van der Waals surface area contributed by atoms with Crippen molar-refractivity contribution in [3.63, 3.8) is 0 Å². The Balaban J connectivity index is 2.04. The van der Waals surface area contributed by atoms with E-state index in [0.717, 1.165) is 36.1 Å². The molecule has 7 heteroatoms. The summed E-state index contributed by atoms with van der Waals surface area (Å²) in [5, 5.41) is 2.80. The molecule has 1 aliphatic rings. The summed E-state index contributed by atoms with van der Waals surface area (Å²) >= 11 is 3.56. The maximum Gasteiger partial charge on any atom is 0.270 e. The third kappa shape index (κ3) is 4.89. The molecule has 0 unspecified atom stereocenters. The molecule has 0 atom stereocenters. The Labute approximate surface area is 146 Å². The minimum Gasteiger partial charge on any atom is -0.383 e. The summed E-state index contributed by atoms with van der Waals surface area (Å²) in [6, 6.07) is 2.49. The van der Waals surface area contributed by atoms with E-state index in [1.807, 2.05) is 6.07 Å². The largest absolute Gasteiger partial charge is 0.383 e. The number of ether oxygens (including phenoxy) is 1. The van der Waals surface area contributed by atoms with Crippen molar-refractivity contribution in [1.82, 2.24) is 15.2 Å². The highest BCUT2D eigenvalue weighted by Gasteiger charge is 2.23. The first-order valence-corrected chi connectivity index (χ1v) is 8.66. The molecule has 6 nitrogen and oxygen atoms in total. The fraction of sp³-hybridized carbons (Fsp3) is 0.625. The zero-order chi connectivity index (χ0) is 16.8. The number of piperidine rings is 1. The Hall–Kier alpha value is -1.18. The quantitative estimate of drug-likeness (QED) is 0.757. The molecule has 1 N–H and O–H groups in total. The van der Waals surface area contributed by atoms with Crippen molar-refractivity contribution in [2.75, 3.05) is 52.3 Å². The first-order chi connectivity index (χ1) is 11.0. The van der Waals surface area contributed by atoms with E-state index < -0.39 is 0 Å². The predicted molar refractivity (Wildman–Crippen MR) is 95.1 cm³/mol. The molecule has 1 aliphatic heterocycles. The van der Waals surface area contributed by atoms with E-state index in [0.29, 0.717) is 24.9 Å². The van der Waals surface area contributed by atoms with Crippen LogP contribution in [0.3, 0.4) is 0 Å². The van der Waals surface area contributed by atoms with E-state index in [-0.39, 0.29) is 5.91 Å². The monoisotopic (exact) mass is 384 g/mol. The van der Waals surface area contributed by atoms with Crippen LogP contribution in [-0.4, -0.2) is 69.3 Å². The normalized spacial score (nSPS) is 16.0. The van der Waals surface area contributed by atoms with Crippen LogP contribution < -0.4 is 10.2 Å². The van der Waals surface area contributed by atoms with E-state index >= 15 is 0 Å². The molecule has 0 aliphatic carbocycles. The van der Waals surface area contributed by atoms with Gasteiger partial charge in [0.15, 0.2) is 0 Å². The summed E-state index contributed by atoms with van der Waals surface area (Å²) < 4.78 is 5.87. The molecule has 1 saturated heterocycles. The number of nitrogens with zero attached hydrogens (tertiary/aromatic N) is 3. The van der Waals surface area contributed by atoms with Gasteiger partial charge in [-0.05, 0) is 48.9 Å². The Morgan fingerprint density at radius 3 is 2.78 bits per heavy atom. The number of methoxy groups -OCH3 is 1. The summed E-state index contributed by atoms with van der Waals surface area (Å²) in [5.74, 6) is -0.168. The van der Waals surface area contributed by atoms with Gasteiger partial charge in [0, 0.05) is 39.0 Å². The number of halogens is 1. The van der Waals surface area contributed by atoms with Gasteiger partial charge in [-0.2, -0.15) is 0 Å². The fourth-order valence-electron chi connectivity index (χ4n) is 2.77. The number of hydrogen-bond acceptors (Lipinski definition) is 5. The van der Waals surface area contributed by atoms with Crippen molar-refractivity contribution < 1.29 is 9.53 Å². The predicted octanol–water partition coefficient (Wildman–Crippen LogP) is 1.75. The highest BCUT2D eigenvalue weighted by molar-refractivity contribution is 9.10. The maximum atomic E-state index is 12.1. The third-order valence-electron chi connectivity index (χ3n) is 4.19. The van der Waals surface area contributed by atoms with Crippen molar-refractivity contribution in [3.05, 3.63) is 22.4 Å². The second-order valence-corrected chi connectivity index (χ2v) is 6.81. The Kier molecular flexibility index (Phi) is 6.80. The first kappa shape index (κ1) is 18.2. The van der Waals surface area contributed by atoms with Crippen LogP contribution >= 0.6 is 15.9 Å². The molecular weight excluding hydrogens is 360 g/mol. The molecule has 0 aromatic carbocycles. The molecular formula is C16H25BrN4O2. The molecule has 0 saturated carbocycles. The van der Waals surface area contributed by atoms with E-state index in [4.69, 9.17) is 4.74 Å². The molecule has 2 rings (SSSR count). The SMILES string of the molecule is COCCNC(=O)c1cc(N2CCC(N(C)C)CC2)c(Br)cn1. The van der Waals surface area contributed by atoms with E-state index in [2.05, 4.69) is 50.1 Å². The number of anilines is 1. The van der Waals surface area contributed by atoms with Gasteiger partial charge in [-0.1, -0.05) is 0 Å². The van der Waals surface area contributed by atoms with Crippen molar-refractivity contribution in [3.8, 4) is 0 Å². The van der Waals surface area contributed by atoms with Crippen molar-refractivity contribution in [2.24, 2.45) is 0 Å². The van der Waals surface area contributed by atoms with Gasteiger partial charge in [-0.25, -0.2) is 4.98 Å². The standard InChI is InChI=1S/C16H25BrN4O2/c1-20(2)12-4-7-21(8-5-12)15-10-14(19-11-13(15)17)16(22)18-6-9-23-3/h10-12H,4-9H2,1-3H3,(H,18,22). The molecule has 1 aromatic rings. The Morgan fingerprint density at radius 2 is 2.17 bits per heavy atom. The van der Waals surface area contributed by atoms with Crippen LogP contribution in [0.15, 0.2) is 16.7 Å². The number of pyridine rings is 1. The van der Waals surface area contributed by atoms with Crippen LogP contribution in [0.1, 0.15) is 23.3 Å². The number of aromatic nitrogens is 1.